The fourth-order valence-corrected chi connectivity index (χ4v) is 3.84. The minimum absolute atomic E-state index is 0.474. The van der Waals surface area contributed by atoms with Gasteiger partial charge in [0.15, 0.2) is 0 Å². The van der Waals surface area contributed by atoms with Crippen molar-refractivity contribution in [1.29, 1.82) is 0 Å². The summed E-state index contributed by atoms with van der Waals surface area (Å²) in [6.07, 6.45) is 4.46. The first-order valence-corrected chi connectivity index (χ1v) is 8.08. The van der Waals surface area contributed by atoms with E-state index in [1.54, 1.807) is 0 Å². The van der Waals surface area contributed by atoms with E-state index in [1.165, 1.54) is 31.5 Å². The van der Waals surface area contributed by atoms with Gasteiger partial charge in [0.2, 0.25) is 0 Å². The largest absolute Gasteiger partial charge is 0.298 e. The van der Waals surface area contributed by atoms with Crippen LogP contribution in [0.2, 0.25) is 0 Å². The molecule has 0 aliphatic carbocycles. The molecule has 2 aliphatic heterocycles. The highest BCUT2D eigenvalue weighted by atomic mass is 19.1. The lowest BCUT2D eigenvalue weighted by molar-refractivity contribution is 0.0501. The Morgan fingerprint density at radius 2 is 1.90 bits per heavy atom. The molecule has 0 N–H and O–H groups in total. The van der Waals surface area contributed by atoms with Crippen molar-refractivity contribution < 1.29 is 8.78 Å². The molecule has 21 heavy (non-hydrogen) atoms. The molecule has 116 valence electrons. The first kappa shape index (κ1) is 14.9. The molecule has 4 heteroatoms. The van der Waals surface area contributed by atoms with Gasteiger partial charge in [0, 0.05) is 37.8 Å². The first-order valence-electron chi connectivity index (χ1n) is 8.08. The second kappa shape index (κ2) is 6.41. The Labute approximate surface area is 125 Å². The average Bonchev–Trinajstić information content (AvgIpc) is 2.90. The van der Waals surface area contributed by atoms with Crippen molar-refractivity contribution in [2.45, 2.75) is 44.7 Å². The lowest BCUT2D eigenvalue weighted by Gasteiger charge is -2.43. The maximum absolute atomic E-state index is 13.3. The summed E-state index contributed by atoms with van der Waals surface area (Å²) in [6.45, 7) is 6.63. The van der Waals surface area contributed by atoms with Crippen LogP contribution in [0.25, 0.3) is 0 Å². The molecular formula is C17H24F2N2. The molecule has 2 atom stereocenters. The molecule has 2 heterocycles. The molecular weight excluding hydrogens is 270 g/mol. The predicted octanol–water partition coefficient (Wildman–Crippen LogP) is 3.07. The standard InChI is InChI=1S/C17H24F2N2/c1-2-16-11-20-6-3-4-17(20)12-21(16)7-5-13-8-14(18)10-15(19)9-13/h8-10,16-17H,2-7,11-12H2,1H3. The molecule has 0 radical (unpaired) electrons. The molecule has 0 amide bonds. The molecule has 0 aromatic heterocycles. The summed E-state index contributed by atoms with van der Waals surface area (Å²) in [6, 6.07) is 5.12. The van der Waals surface area contributed by atoms with E-state index < -0.39 is 11.6 Å². The summed E-state index contributed by atoms with van der Waals surface area (Å²) >= 11 is 0. The fraction of sp³-hybridized carbons (Fsp3) is 0.647. The Morgan fingerprint density at radius 3 is 2.62 bits per heavy atom. The van der Waals surface area contributed by atoms with Crippen molar-refractivity contribution in [3.63, 3.8) is 0 Å². The third-order valence-electron chi connectivity index (χ3n) is 4.99. The molecule has 2 saturated heterocycles. The maximum Gasteiger partial charge on any atom is 0.126 e. The van der Waals surface area contributed by atoms with Crippen LogP contribution in [-0.4, -0.2) is 48.1 Å². The third kappa shape index (κ3) is 3.43. The zero-order valence-corrected chi connectivity index (χ0v) is 12.7. The summed E-state index contributed by atoms with van der Waals surface area (Å²) in [5.41, 5.74) is 0.760. The van der Waals surface area contributed by atoms with Crippen LogP contribution in [0, 0.1) is 11.6 Å². The zero-order valence-electron chi connectivity index (χ0n) is 12.7. The highest BCUT2D eigenvalue weighted by Gasteiger charge is 2.35. The minimum Gasteiger partial charge on any atom is -0.298 e. The zero-order chi connectivity index (χ0) is 14.8. The van der Waals surface area contributed by atoms with Gasteiger partial charge in [-0.3, -0.25) is 9.80 Å². The molecule has 0 spiro atoms. The van der Waals surface area contributed by atoms with Crippen LogP contribution in [0.15, 0.2) is 18.2 Å². The maximum atomic E-state index is 13.3. The number of piperazine rings is 1. The number of fused-ring (bicyclic) bond motifs is 1. The van der Waals surface area contributed by atoms with Crippen molar-refractivity contribution in [2.24, 2.45) is 0 Å². The SMILES string of the molecule is CCC1CN2CCCC2CN1CCc1cc(F)cc(F)c1. The van der Waals surface area contributed by atoms with Crippen molar-refractivity contribution in [3.05, 3.63) is 35.4 Å². The van der Waals surface area contributed by atoms with Crippen LogP contribution < -0.4 is 0 Å². The summed E-state index contributed by atoms with van der Waals surface area (Å²) < 4.78 is 26.5. The normalized spacial score (nSPS) is 27.0. The van der Waals surface area contributed by atoms with Crippen LogP contribution in [0.3, 0.4) is 0 Å². The van der Waals surface area contributed by atoms with Crippen molar-refractivity contribution in [2.75, 3.05) is 26.2 Å². The Morgan fingerprint density at radius 1 is 1.14 bits per heavy atom. The molecule has 1 aromatic carbocycles. The molecule has 2 fully saturated rings. The third-order valence-corrected chi connectivity index (χ3v) is 4.99. The van der Waals surface area contributed by atoms with E-state index in [1.807, 2.05) is 0 Å². The van der Waals surface area contributed by atoms with Crippen LogP contribution in [-0.2, 0) is 6.42 Å². The lowest BCUT2D eigenvalue weighted by atomic mass is 10.0. The molecule has 0 bridgehead atoms. The summed E-state index contributed by atoms with van der Waals surface area (Å²) in [5.74, 6) is -0.949. The molecule has 1 aromatic rings. The Bertz CT molecular complexity index is 471. The second-order valence-corrected chi connectivity index (χ2v) is 6.38. The number of halogens is 2. The second-order valence-electron chi connectivity index (χ2n) is 6.38. The number of nitrogens with zero attached hydrogens (tertiary/aromatic N) is 2. The van der Waals surface area contributed by atoms with Crippen molar-refractivity contribution in [1.82, 2.24) is 9.80 Å². The monoisotopic (exact) mass is 294 g/mol. The lowest BCUT2D eigenvalue weighted by Crippen LogP contribution is -2.56. The van der Waals surface area contributed by atoms with Crippen LogP contribution >= 0.6 is 0 Å². The van der Waals surface area contributed by atoms with E-state index in [-0.39, 0.29) is 0 Å². The van der Waals surface area contributed by atoms with Gasteiger partial charge in [-0.25, -0.2) is 8.78 Å². The molecule has 2 aliphatic rings. The topological polar surface area (TPSA) is 6.48 Å². The van der Waals surface area contributed by atoms with Crippen LogP contribution in [0.4, 0.5) is 8.78 Å². The predicted molar refractivity (Wildman–Crippen MR) is 80.3 cm³/mol. The summed E-state index contributed by atoms with van der Waals surface area (Å²) in [4.78, 5) is 5.14. The highest BCUT2D eigenvalue weighted by Crippen LogP contribution is 2.26. The average molecular weight is 294 g/mol. The van der Waals surface area contributed by atoms with Crippen molar-refractivity contribution in [3.8, 4) is 0 Å². The van der Waals surface area contributed by atoms with E-state index in [4.69, 9.17) is 0 Å². The number of rotatable bonds is 4. The molecule has 0 saturated carbocycles. The fourth-order valence-electron chi connectivity index (χ4n) is 3.84. The smallest absolute Gasteiger partial charge is 0.126 e. The van der Waals surface area contributed by atoms with Gasteiger partial charge in [-0.1, -0.05) is 6.92 Å². The van der Waals surface area contributed by atoms with Gasteiger partial charge in [0.1, 0.15) is 11.6 Å². The minimum atomic E-state index is -0.474. The number of hydrogen-bond acceptors (Lipinski definition) is 2. The van der Waals surface area contributed by atoms with Gasteiger partial charge in [0.05, 0.1) is 0 Å². The quantitative estimate of drug-likeness (QED) is 0.842. The van der Waals surface area contributed by atoms with E-state index >= 15 is 0 Å². The molecule has 2 unspecified atom stereocenters. The van der Waals surface area contributed by atoms with Gasteiger partial charge in [-0.2, -0.15) is 0 Å². The van der Waals surface area contributed by atoms with E-state index in [2.05, 4.69) is 16.7 Å². The number of benzene rings is 1. The summed E-state index contributed by atoms with van der Waals surface area (Å²) in [5, 5.41) is 0. The van der Waals surface area contributed by atoms with Gasteiger partial charge in [-0.05, 0) is 49.9 Å². The van der Waals surface area contributed by atoms with E-state index in [0.717, 1.165) is 44.1 Å². The van der Waals surface area contributed by atoms with Gasteiger partial charge in [-0.15, -0.1) is 0 Å². The van der Waals surface area contributed by atoms with E-state index in [9.17, 15) is 8.78 Å². The highest BCUT2D eigenvalue weighted by molar-refractivity contribution is 5.18. The van der Waals surface area contributed by atoms with Gasteiger partial charge >= 0.3 is 0 Å². The first-order chi connectivity index (χ1) is 10.2. The van der Waals surface area contributed by atoms with E-state index in [0.29, 0.717) is 12.1 Å². The van der Waals surface area contributed by atoms with Crippen LogP contribution in [0.1, 0.15) is 31.7 Å². The van der Waals surface area contributed by atoms with Gasteiger partial charge < -0.3 is 0 Å². The van der Waals surface area contributed by atoms with Gasteiger partial charge in [0.25, 0.3) is 0 Å². The summed E-state index contributed by atoms with van der Waals surface area (Å²) in [7, 11) is 0. The Hall–Kier alpha value is -1.00. The number of hydrogen-bond donors (Lipinski definition) is 0. The molecule has 2 nitrogen and oxygen atoms in total. The van der Waals surface area contributed by atoms with Crippen LogP contribution in [0.5, 0.6) is 0 Å². The molecule has 3 rings (SSSR count). The Balaban J connectivity index is 1.62. The Kier molecular flexibility index (Phi) is 4.55. The van der Waals surface area contributed by atoms with Crippen molar-refractivity contribution >= 4 is 0 Å².